The van der Waals surface area contributed by atoms with Crippen LogP contribution in [0.15, 0.2) is 0 Å². The zero-order chi connectivity index (χ0) is 9.68. The van der Waals surface area contributed by atoms with Gasteiger partial charge in [-0.3, -0.25) is 0 Å². The molecule has 2 nitrogen and oxygen atoms in total. The summed E-state index contributed by atoms with van der Waals surface area (Å²) in [6.07, 6.45) is 5.36. The van der Waals surface area contributed by atoms with E-state index in [1.807, 2.05) is 0 Å². The van der Waals surface area contributed by atoms with Crippen LogP contribution in [-0.4, -0.2) is 37.1 Å². The molecule has 0 aliphatic heterocycles. The van der Waals surface area contributed by atoms with E-state index in [-0.39, 0.29) is 0 Å². The second kappa shape index (κ2) is 5.61. The van der Waals surface area contributed by atoms with Crippen molar-refractivity contribution in [3.63, 3.8) is 0 Å². The highest BCUT2D eigenvalue weighted by Crippen LogP contribution is 2.22. The van der Waals surface area contributed by atoms with Crippen molar-refractivity contribution < 1.29 is 0 Å². The summed E-state index contributed by atoms with van der Waals surface area (Å²) in [7, 11) is 2.24. The molecule has 2 unspecified atom stereocenters. The molecule has 0 aromatic heterocycles. The van der Waals surface area contributed by atoms with Gasteiger partial charge in [0.15, 0.2) is 0 Å². The highest BCUT2D eigenvalue weighted by atomic mass is 15.1. The molecule has 0 saturated heterocycles. The molecular weight excluding hydrogens is 160 g/mol. The first-order valence-corrected chi connectivity index (χ1v) is 5.71. The second-order valence-electron chi connectivity index (χ2n) is 4.19. The average molecular weight is 184 g/mol. The maximum Gasteiger partial charge on any atom is 0.0107 e. The van der Waals surface area contributed by atoms with Gasteiger partial charge >= 0.3 is 0 Å². The summed E-state index contributed by atoms with van der Waals surface area (Å²) in [6.45, 7) is 6.85. The molecule has 1 fully saturated rings. The fraction of sp³-hybridized carbons (Fsp3) is 1.00. The van der Waals surface area contributed by atoms with Crippen LogP contribution in [0.25, 0.3) is 0 Å². The lowest BCUT2D eigenvalue weighted by atomic mass is 10.2. The SMILES string of the molecule is CCCNC1CCC(N(C)CC)C1. The van der Waals surface area contributed by atoms with Gasteiger partial charge < -0.3 is 10.2 Å². The minimum Gasteiger partial charge on any atom is -0.314 e. The molecule has 13 heavy (non-hydrogen) atoms. The Morgan fingerprint density at radius 1 is 1.31 bits per heavy atom. The molecule has 1 aliphatic rings. The molecule has 0 bridgehead atoms. The van der Waals surface area contributed by atoms with Crippen LogP contribution in [0.2, 0.25) is 0 Å². The second-order valence-corrected chi connectivity index (χ2v) is 4.19. The van der Waals surface area contributed by atoms with Gasteiger partial charge in [0, 0.05) is 12.1 Å². The summed E-state index contributed by atoms with van der Waals surface area (Å²) in [5.41, 5.74) is 0. The van der Waals surface area contributed by atoms with Crippen molar-refractivity contribution in [2.24, 2.45) is 0 Å². The van der Waals surface area contributed by atoms with E-state index in [2.05, 4.69) is 31.1 Å². The van der Waals surface area contributed by atoms with Gasteiger partial charge in [0.2, 0.25) is 0 Å². The smallest absolute Gasteiger partial charge is 0.0107 e. The molecule has 78 valence electrons. The zero-order valence-electron chi connectivity index (χ0n) is 9.34. The van der Waals surface area contributed by atoms with Crippen LogP contribution in [0.5, 0.6) is 0 Å². The maximum absolute atomic E-state index is 3.61. The highest BCUT2D eigenvalue weighted by molar-refractivity contribution is 4.85. The first kappa shape index (κ1) is 11.0. The van der Waals surface area contributed by atoms with Gasteiger partial charge in [0.05, 0.1) is 0 Å². The van der Waals surface area contributed by atoms with Crippen LogP contribution < -0.4 is 5.32 Å². The van der Waals surface area contributed by atoms with Gasteiger partial charge in [0.25, 0.3) is 0 Å². The van der Waals surface area contributed by atoms with Crippen LogP contribution in [0.1, 0.15) is 39.5 Å². The number of hydrogen-bond donors (Lipinski definition) is 1. The summed E-state index contributed by atoms with van der Waals surface area (Å²) >= 11 is 0. The summed E-state index contributed by atoms with van der Waals surface area (Å²) in [4.78, 5) is 2.48. The van der Waals surface area contributed by atoms with Crippen molar-refractivity contribution in [3.05, 3.63) is 0 Å². The minimum atomic E-state index is 0.791. The summed E-state index contributed by atoms with van der Waals surface area (Å²) in [6, 6.07) is 1.62. The van der Waals surface area contributed by atoms with E-state index in [1.165, 1.54) is 38.8 Å². The normalized spacial score (nSPS) is 28.6. The quantitative estimate of drug-likeness (QED) is 0.701. The third-order valence-corrected chi connectivity index (χ3v) is 3.21. The average Bonchev–Trinajstić information content (AvgIpc) is 2.62. The van der Waals surface area contributed by atoms with Crippen molar-refractivity contribution in [2.45, 2.75) is 51.6 Å². The molecule has 1 rings (SSSR count). The molecule has 0 spiro atoms. The number of nitrogens with one attached hydrogen (secondary N) is 1. The lowest BCUT2D eigenvalue weighted by Crippen LogP contribution is -2.32. The summed E-state index contributed by atoms with van der Waals surface area (Å²) in [5, 5.41) is 3.61. The van der Waals surface area contributed by atoms with Crippen molar-refractivity contribution >= 4 is 0 Å². The first-order valence-electron chi connectivity index (χ1n) is 5.71. The number of rotatable bonds is 5. The van der Waals surface area contributed by atoms with Crippen molar-refractivity contribution in [3.8, 4) is 0 Å². The van der Waals surface area contributed by atoms with E-state index < -0.39 is 0 Å². The standard InChI is InChI=1S/C11H24N2/c1-4-8-12-10-6-7-11(9-10)13(3)5-2/h10-12H,4-9H2,1-3H3. The van der Waals surface area contributed by atoms with E-state index in [4.69, 9.17) is 0 Å². The fourth-order valence-electron chi connectivity index (χ4n) is 2.15. The molecule has 2 heteroatoms. The fourth-order valence-corrected chi connectivity index (χ4v) is 2.15. The molecule has 0 radical (unpaired) electrons. The van der Waals surface area contributed by atoms with Gasteiger partial charge in [0.1, 0.15) is 0 Å². The Bertz CT molecular complexity index is 136. The molecule has 1 aliphatic carbocycles. The van der Waals surface area contributed by atoms with E-state index in [1.54, 1.807) is 0 Å². The number of hydrogen-bond acceptors (Lipinski definition) is 2. The van der Waals surface area contributed by atoms with Crippen molar-refractivity contribution in [1.82, 2.24) is 10.2 Å². The van der Waals surface area contributed by atoms with Crippen molar-refractivity contribution in [2.75, 3.05) is 20.1 Å². The molecule has 0 aromatic rings. The van der Waals surface area contributed by atoms with Gasteiger partial charge in [-0.2, -0.15) is 0 Å². The Morgan fingerprint density at radius 2 is 2.08 bits per heavy atom. The Morgan fingerprint density at radius 3 is 2.69 bits per heavy atom. The number of nitrogens with zero attached hydrogens (tertiary/aromatic N) is 1. The van der Waals surface area contributed by atoms with Gasteiger partial charge in [-0.25, -0.2) is 0 Å². The Kier molecular flexibility index (Phi) is 4.74. The predicted molar refractivity (Wildman–Crippen MR) is 58.0 cm³/mol. The zero-order valence-corrected chi connectivity index (χ0v) is 9.34. The molecule has 0 aromatic carbocycles. The summed E-state index contributed by atoms with van der Waals surface area (Å²) in [5.74, 6) is 0. The third-order valence-electron chi connectivity index (χ3n) is 3.21. The molecule has 0 heterocycles. The molecule has 2 atom stereocenters. The highest BCUT2D eigenvalue weighted by Gasteiger charge is 2.25. The van der Waals surface area contributed by atoms with Gasteiger partial charge in [-0.05, 0) is 45.8 Å². The molecule has 1 N–H and O–H groups in total. The van der Waals surface area contributed by atoms with E-state index in [0.29, 0.717) is 0 Å². The minimum absolute atomic E-state index is 0.791. The lowest BCUT2D eigenvalue weighted by Gasteiger charge is -2.22. The largest absolute Gasteiger partial charge is 0.314 e. The molecule has 0 amide bonds. The maximum atomic E-state index is 3.61. The van der Waals surface area contributed by atoms with E-state index >= 15 is 0 Å². The third kappa shape index (κ3) is 3.28. The van der Waals surface area contributed by atoms with E-state index in [0.717, 1.165) is 12.1 Å². The molecule has 1 saturated carbocycles. The van der Waals surface area contributed by atoms with Crippen LogP contribution in [0.3, 0.4) is 0 Å². The summed E-state index contributed by atoms with van der Waals surface area (Å²) < 4.78 is 0. The van der Waals surface area contributed by atoms with Crippen molar-refractivity contribution in [1.29, 1.82) is 0 Å². The Hall–Kier alpha value is -0.0800. The Labute approximate surface area is 82.7 Å². The first-order chi connectivity index (χ1) is 6.27. The topological polar surface area (TPSA) is 15.3 Å². The van der Waals surface area contributed by atoms with Crippen LogP contribution >= 0.6 is 0 Å². The monoisotopic (exact) mass is 184 g/mol. The predicted octanol–water partition coefficient (Wildman–Crippen LogP) is 1.86. The van der Waals surface area contributed by atoms with Gasteiger partial charge in [-0.15, -0.1) is 0 Å². The van der Waals surface area contributed by atoms with E-state index in [9.17, 15) is 0 Å². The molecular formula is C11H24N2. The lowest BCUT2D eigenvalue weighted by molar-refractivity contribution is 0.254. The Balaban J connectivity index is 2.19. The van der Waals surface area contributed by atoms with Gasteiger partial charge in [-0.1, -0.05) is 13.8 Å². The van der Waals surface area contributed by atoms with Crippen LogP contribution in [-0.2, 0) is 0 Å². The van der Waals surface area contributed by atoms with Crippen LogP contribution in [0, 0.1) is 0 Å². The van der Waals surface area contributed by atoms with Crippen LogP contribution in [0.4, 0.5) is 0 Å².